The maximum Gasteiger partial charge on any atom is 0.422 e. The van der Waals surface area contributed by atoms with Crippen LogP contribution in [0.5, 0.6) is 5.88 Å². The van der Waals surface area contributed by atoms with Gasteiger partial charge in [0.25, 0.3) is 11.8 Å². The van der Waals surface area contributed by atoms with Crippen molar-refractivity contribution in [2.75, 3.05) is 11.9 Å². The van der Waals surface area contributed by atoms with E-state index in [9.17, 15) is 22.8 Å². The number of nitrogens with one attached hydrogen (secondary N) is 2. The molecule has 2 N–H and O–H groups in total. The van der Waals surface area contributed by atoms with Crippen LogP contribution in [0.15, 0.2) is 36.7 Å². The fourth-order valence-corrected chi connectivity index (χ4v) is 1.94. The van der Waals surface area contributed by atoms with Crippen molar-refractivity contribution >= 4 is 17.6 Å². The average molecular weight is 382 g/mol. The minimum Gasteiger partial charge on any atom is -0.467 e. The Morgan fingerprint density at radius 1 is 1.07 bits per heavy atom. The first-order chi connectivity index (χ1) is 12.6. The summed E-state index contributed by atoms with van der Waals surface area (Å²) in [6.45, 7) is 2.14. The smallest absolute Gasteiger partial charge is 0.422 e. The third kappa shape index (κ3) is 6.57. The SMILES string of the molecule is CC(C)NC(=O)c1ccc(C(=O)Nc2cncc(OCC(F)(F)F)n2)cc1. The van der Waals surface area contributed by atoms with E-state index in [0.29, 0.717) is 5.56 Å². The van der Waals surface area contributed by atoms with Crippen molar-refractivity contribution in [3.8, 4) is 5.88 Å². The first kappa shape index (κ1) is 20.1. The van der Waals surface area contributed by atoms with Gasteiger partial charge in [0, 0.05) is 17.2 Å². The van der Waals surface area contributed by atoms with Crippen LogP contribution in [0.4, 0.5) is 19.0 Å². The lowest BCUT2D eigenvalue weighted by molar-refractivity contribution is -0.154. The highest BCUT2D eigenvalue weighted by atomic mass is 19.4. The quantitative estimate of drug-likeness (QED) is 0.801. The lowest BCUT2D eigenvalue weighted by Gasteiger charge is -2.10. The molecule has 7 nitrogen and oxygen atoms in total. The summed E-state index contributed by atoms with van der Waals surface area (Å²) in [7, 11) is 0. The van der Waals surface area contributed by atoms with Gasteiger partial charge in [0.1, 0.15) is 0 Å². The van der Waals surface area contributed by atoms with Gasteiger partial charge in [-0.2, -0.15) is 18.2 Å². The number of aromatic nitrogens is 2. The van der Waals surface area contributed by atoms with E-state index in [-0.39, 0.29) is 29.2 Å². The summed E-state index contributed by atoms with van der Waals surface area (Å²) in [6.07, 6.45) is -2.34. The molecule has 1 aromatic heterocycles. The molecule has 2 rings (SSSR count). The highest BCUT2D eigenvalue weighted by Gasteiger charge is 2.28. The lowest BCUT2D eigenvalue weighted by atomic mass is 10.1. The average Bonchev–Trinajstić information content (AvgIpc) is 2.59. The molecule has 10 heteroatoms. The number of ether oxygens (including phenoxy) is 1. The zero-order chi connectivity index (χ0) is 20.0. The summed E-state index contributed by atoms with van der Waals surface area (Å²) in [5, 5.41) is 5.13. The maximum absolute atomic E-state index is 12.2. The molecule has 0 atom stereocenters. The Kier molecular flexibility index (Phi) is 6.32. The molecule has 0 saturated carbocycles. The molecule has 0 aliphatic rings. The molecular formula is C17H17F3N4O3. The number of anilines is 1. The first-order valence-electron chi connectivity index (χ1n) is 7.88. The Hall–Kier alpha value is -3.17. The van der Waals surface area contributed by atoms with E-state index in [1.165, 1.54) is 30.5 Å². The number of carbonyl (C=O) groups is 2. The minimum absolute atomic E-state index is 0.0223. The van der Waals surface area contributed by atoms with Gasteiger partial charge in [0.05, 0.1) is 12.4 Å². The number of carbonyl (C=O) groups excluding carboxylic acids is 2. The Labute approximate surface area is 153 Å². The standard InChI is InChI=1S/C17H17F3N4O3/c1-10(2)22-15(25)11-3-5-12(6-4-11)16(26)24-13-7-21-8-14(23-13)27-9-17(18,19)20/h3-8,10H,9H2,1-2H3,(H,22,25)(H,23,24,26). The van der Waals surface area contributed by atoms with Crippen molar-refractivity contribution in [3.05, 3.63) is 47.8 Å². The third-order valence-corrected chi connectivity index (χ3v) is 3.07. The molecular weight excluding hydrogens is 365 g/mol. The summed E-state index contributed by atoms with van der Waals surface area (Å²) in [5.41, 5.74) is 0.627. The number of rotatable bonds is 6. The Morgan fingerprint density at radius 2 is 1.67 bits per heavy atom. The van der Waals surface area contributed by atoms with Crippen LogP contribution in [0.2, 0.25) is 0 Å². The lowest BCUT2D eigenvalue weighted by Crippen LogP contribution is -2.30. The van der Waals surface area contributed by atoms with E-state index >= 15 is 0 Å². The molecule has 0 spiro atoms. The van der Waals surface area contributed by atoms with Crippen LogP contribution in [-0.4, -0.2) is 40.6 Å². The molecule has 0 aliphatic carbocycles. The van der Waals surface area contributed by atoms with Gasteiger partial charge in [0.15, 0.2) is 12.4 Å². The number of hydrogen-bond acceptors (Lipinski definition) is 5. The zero-order valence-corrected chi connectivity index (χ0v) is 14.5. The number of hydrogen-bond donors (Lipinski definition) is 2. The topological polar surface area (TPSA) is 93.2 Å². The predicted molar refractivity (Wildman–Crippen MR) is 90.6 cm³/mol. The highest BCUT2D eigenvalue weighted by molar-refractivity contribution is 6.04. The van der Waals surface area contributed by atoms with E-state index in [4.69, 9.17) is 0 Å². The van der Waals surface area contributed by atoms with E-state index < -0.39 is 18.7 Å². The van der Waals surface area contributed by atoms with Crippen LogP contribution < -0.4 is 15.4 Å². The summed E-state index contributed by atoms with van der Waals surface area (Å²) < 4.78 is 41.0. The summed E-state index contributed by atoms with van der Waals surface area (Å²) in [6, 6.07) is 5.85. The van der Waals surface area contributed by atoms with Crippen molar-refractivity contribution in [2.45, 2.75) is 26.1 Å². The monoisotopic (exact) mass is 382 g/mol. The van der Waals surface area contributed by atoms with Gasteiger partial charge in [-0.25, -0.2) is 0 Å². The van der Waals surface area contributed by atoms with Crippen molar-refractivity contribution in [1.29, 1.82) is 0 Å². The van der Waals surface area contributed by atoms with Crippen molar-refractivity contribution in [3.63, 3.8) is 0 Å². The van der Waals surface area contributed by atoms with Gasteiger partial charge in [-0.1, -0.05) is 0 Å². The Bertz CT molecular complexity index is 808. The van der Waals surface area contributed by atoms with E-state index in [1.54, 1.807) is 0 Å². The first-order valence-corrected chi connectivity index (χ1v) is 7.88. The van der Waals surface area contributed by atoms with Crippen LogP contribution in [0.25, 0.3) is 0 Å². The van der Waals surface area contributed by atoms with Crippen molar-refractivity contribution in [1.82, 2.24) is 15.3 Å². The highest BCUT2D eigenvalue weighted by Crippen LogP contribution is 2.17. The van der Waals surface area contributed by atoms with Crippen molar-refractivity contribution in [2.24, 2.45) is 0 Å². The summed E-state index contributed by atoms with van der Waals surface area (Å²) >= 11 is 0. The zero-order valence-electron chi connectivity index (χ0n) is 14.5. The van der Waals surface area contributed by atoms with Crippen LogP contribution in [0.1, 0.15) is 34.6 Å². The molecule has 1 heterocycles. The van der Waals surface area contributed by atoms with Gasteiger partial charge in [-0.3, -0.25) is 14.6 Å². The second-order valence-electron chi connectivity index (χ2n) is 5.81. The largest absolute Gasteiger partial charge is 0.467 e. The Morgan fingerprint density at radius 3 is 2.22 bits per heavy atom. The van der Waals surface area contributed by atoms with Crippen LogP contribution in [0, 0.1) is 0 Å². The minimum atomic E-state index is -4.51. The molecule has 0 bridgehead atoms. The molecule has 0 radical (unpaired) electrons. The molecule has 27 heavy (non-hydrogen) atoms. The van der Waals surface area contributed by atoms with Gasteiger partial charge >= 0.3 is 6.18 Å². The molecule has 2 aromatic rings. The van der Waals surface area contributed by atoms with E-state index in [0.717, 1.165) is 6.20 Å². The van der Waals surface area contributed by atoms with Gasteiger partial charge < -0.3 is 15.4 Å². The van der Waals surface area contributed by atoms with Gasteiger partial charge in [-0.15, -0.1) is 0 Å². The molecule has 0 unspecified atom stereocenters. The van der Waals surface area contributed by atoms with Crippen LogP contribution in [-0.2, 0) is 0 Å². The maximum atomic E-state index is 12.2. The predicted octanol–water partition coefficient (Wildman–Crippen LogP) is 2.81. The molecule has 2 amide bonds. The summed E-state index contributed by atoms with van der Waals surface area (Å²) in [4.78, 5) is 31.5. The molecule has 0 aliphatic heterocycles. The molecule has 0 fully saturated rings. The summed E-state index contributed by atoms with van der Waals surface area (Å²) in [5.74, 6) is -1.27. The van der Waals surface area contributed by atoms with Crippen LogP contribution in [0.3, 0.4) is 0 Å². The number of alkyl halides is 3. The van der Waals surface area contributed by atoms with Crippen molar-refractivity contribution < 1.29 is 27.5 Å². The normalized spacial score (nSPS) is 11.2. The molecule has 0 saturated heterocycles. The third-order valence-electron chi connectivity index (χ3n) is 3.07. The van der Waals surface area contributed by atoms with Gasteiger partial charge in [0.2, 0.25) is 5.88 Å². The number of benzene rings is 1. The Balaban J connectivity index is 2.01. The van der Waals surface area contributed by atoms with E-state index in [2.05, 4.69) is 25.3 Å². The fraction of sp³-hybridized carbons (Fsp3) is 0.294. The van der Waals surface area contributed by atoms with E-state index in [1.807, 2.05) is 13.8 Å². The van der Waals surface area contributed by atoms with Crippen LogP contribution >= 0.6 is 0 Å². The second-order valence-corrected chi connectivity index (χ2v) is 5.81. The fourth-order valence-electron chi connectivity index (χ4n) is 1.94. The number of halogens is 3. The number of nitrogens with zero attached hydrogens (tertiary/aromatic N) is 2. The number of amides is 2. The molecule has 144 valence electrons. The second kappa shape index (κ2) is 8.47. The van der Waals surface area contributed by atoms with Gasteiger partial charge in [-0.05, 0) is 38.1 Å². The molecule has 1 aromatic carbocycles.